The molecule has 0 spiro atoms. The van der Waals surface area contributed by atoms with Crippen molar-refractivity contribution in [2.24, 2.45) is 5.41 Å². The highest BCUT2D eigenvalue weighted by atomic mass is 35.5. The van der Waals surface area contributed by atoms with E-state index in [0.29, 0.717) is 11.9 Å². The third kappa shape index (κ3) is 4.17. The Bertz CT molecular complexity index is 532. The van der Waals surface area contributed by atoms with Crippen LogP contribution >= 0.6 is 11.6 Å². The van der Waals surface area contributed by atoms with Gasteiger partial charge in [0.15, 0.2) is 0 Å². The molecule has 6 nitrogen and oxygen atoms in total. The lowest BCUT2D eigenvalue weighted by atomic mass is 9.92. The average Bonchev–Trinajstić information content (AvgIpc) is 2.79. The molecule has 2 aromatic heterocycles. The van der Waals surface area contributed by atoms with Crippen molar-refractivity contribution in [2.45, 2.75) is 27.2 Å². The van der Waals surface area contributed by atoms with Crippen LogP contribution in [0.5, 0.6) is 0 Å². The van der Waals surface area contributed by atoms with Crippen LogP contribution < -0.4 is 5.32 Å². The predicted octanol–water partition coefficient (Wildman–Crippen LogP) is 2.56. The van der Waals surface area contributed by atoms with Crippen molar-refractivity contribution in [3.63, 3.8) is 0 Å². The molecule has 2 rings (SSSR count). The van der Waals surface area contributed by atoms with Gasteiger partial charge >= 0.3 is 0 Å². The Morgan fingerprint density at radius 1 is 1.26 bits per heavy atom. The van der Waals surface area contributed by atoms with Crippen LogP contribution in [-0.4, -0.2) is 31.3 Å². The fourth-order valence-electron chi connectivity index (χ4n) is 1.46. The quantitative estimate of drug-likeness (QED) is 0.932. The van der Waals surface area contributed by atoms with E-state index in [4.69, 9.17) is 11.6 Å². The van der Waals surface area contributed by atoms with E-state index in [1.165, 1.54) is 0 Å². The minimum Gasteiger partial charge on any atom is -0.354 e. The van der Waals surface area contributed by atoms with Crippen LogP contribution in [-0.2, 0) is 0 Å². The lowest BCUT2D eigenvalue weighted by molar-refractivity contribution is 0.389. The zero-order valence-electron chi connectivity index (χ0n) is 11.3. The van der Waals surface area contributed by atoms with Gasteiger partial charge in [0.2, 0.25) is 11.2 Å². The Morgan fingerprint density at radius 2 is 2.05 bits per heavy atom. The van der Waals surface area contributed by atoms with Crippen LogP contribution in [0.1, 0.15) is 27.2 Å². The van der Waals surface area contributed by atoms with Crippen LogP contribution in [0.2, 0.25) is 5.28 Å². The Labute approximate surface area is 117 Å². The first kappa shape index (κ1) is 13.7. The Balaban J connectivity index is 2.09. The molecule has 0 aliphatic rings. The molecule has 0 atom stereocenters. The summed E-state index contributed by atoms with van der Waals surface area (Å²) in [6.07, 6.45) is 4.42. The van der Waals surface area contributed by atoms with Gasteiger partial charge in [0.1, 0.15) is 0 Å². The smallest absolute Gasteiger partial charge is 0.256 e. The fourth-order valence-corrected chi connectivity index (χ4v) is 1.61. The lowest BCUT2D eigenvalue weighted by Gasteiger charge is -2.18. The summed E-state index contributed by atoms with van der Waals surface area (Å²) >= 11 is 5.89. The molecule has 2 aromatic rings. The molecule has 2 heterocycles. The third-order valence-corrected chi connectivity index (χ3v) is 2.63. The molecule has 0 amide bonds. The molecule has 19 heavy (non-hydrogen) atoms. The molecular weight excluding hydrogens is 264 g/mol. The number of nitrogens with one attached hydrogen (secondary N) is 1. The summed E-state index contributed by atoms with van der Waals surface area (Å²) in [6, 6.07) is 1.80. The van der Waals surface area contributed by atoms with Crippen LogP contribution in [0.25, 0.3) is 5.95 Å². The number of anilines is 1. The standard InChI is InChI=1S/C12H17ClN6/c1-12(2,3)5-7-14-10-16-9(13)17-11(18-10)19-8-4-6-15-19/h4,6,8H,5,7H2,1-3H3,(H,14,16,17,18). The maximum absolute atomic E-state index is 5.89. The van der Waals surface area contributed by atoms with Gasteiger partial charge in [-0.15, -0.1) is 0 Å². The number of rotatable bonds is 4. The molecular formula is C12H17ClN6. The largest absolute Gasteiger partial charge is 0.354 e. The van der Waals surface area contributed by atoms with Crippen LogP contribution in [0.3, 0.4) is 0 Å². The number of hydrogen-bond acceptors (Lipinski definition) is 5. The molecule has 0 aromatic carbocycles. The fraction of sp³-hybridized carbons (Fsp3) is 0.500. The van der Waals surface area contributed by atoms with E-state index in [9.17, 15) is 0 Å². The van der Waals surface area contributed by atoms with Crippen molar-refractivity contribution in [1.29, 1.82) is 0 Å². The Kier molecular flexibility index (Phi) is 3.99. The van der Waals surface area contributed by atoms with E-state index in [1.54, 1.807) is 23.1 Å². The summed E-state index contributed by atoms with van der Waals surface area (Å²) in [5.74, 6) is 0.873. The van der Waals surface area contributed by atoms with Gasteiger partial charge in [0.05, 0.1) is 0 Å². The molecule has 0 bridgehead atoms. The first-order valence-electron chi connectivity index (χ1n) is 6.09. The Morgan fingerprint density at radius 3 is 2.68 bits per heavy atom. The normalized spacial score (nSPS) is 11.6. The molecule has 0 saturated heterocycles. The van der Waals surface area contributed by atoms with Crippen molar-refractivity contribution in [1.82, 2.24) is 24.7 Å². The van der Waals surface area contributed by atoms with E-state index in [-0.39, 0.29) is 10.7 Å². The second-order valence-corrected chi connectivity index (χ2v) is 5.75. The number of hydrogen-bond donors (Lipinski definition) is 1. The van der Waals surface area contributed by atoms with Crippen molar-refractivity contribution in [3.05, 3.63) is 23.7 Å². The third-order valence-electron chi connectivity index (χ3n) is 2.46. The van der Waals surface area contributed by atoms with Gasteiger partial charge in [0.25, 0.3) is 5.95 Å². The molecule has 7 heteroatoms. The van der Waals surface area contributed by atoms with Crippen LogP contribution in [0, 0.1) is 5.41 Å². The Hall–Kier alpha value is -1.69. The first-order chi connectivity index (χ1) is 8.94. The van der Waals surface area contributed by atoms with E-state index in [1.807, 2.05) is 0 Å². The average molecular weight is 281 g/mol. The van der Waals surface area contributed by atoms with E-state index < -0.39 is 0 Å². The molecule has 0 fully saturated rings. The molecule has 0 aliphatic heterocycles. The van der Waals surface area contributed by atoms with E-state index in [2.05, 4.69) is 46.1 Å². The number of nitrogens with zero attached hydrogens (tertiary/aromatic N) is 5. The molecule has 1 N–H and O–H groups in total. The van der Waals surface area contributed by atoms with Gasteiger partial charge in [-0.2, -0.15) is 20.1 Å². The van der Waals surface area contributed by atoms with Gasteiger partial charge in [-0.05, 0) is 29.5 Å². The van der Waals surface area contributed by atoms with Gasteiger partial charge in [0, 0.05) is 18.9 Å². The van der Waals surface area contributed by atoms with Gasteiger partial charge in [-0.3, -0.25) is 0 Å². The van der Waals surface area contributed by atoms with Gasteiger partial charge in [-0.25, -0.2) is 4.68 Å². The predicted molar refractivity (Wildman–Crippen MR) is 74.5 cm³/mol. The highest BCUT2D eigenvalue weighted by Gasteiger charge is 2.11. The molecule has 0 unspecified atom stereocenters. The van der Waals surface area contributed by atoms with Crippen LogP contribution in [0.4, 0.5) is 5.95 Å². The number of halogens is 1. The second kappa shape index (κ2) is 5.52. The summed E-state index contributed by atoms with van der Waals surface area (Å²) in [7, 11) is 0. The number of aromatic nitrogens is 5. The van der Waals surface area contributed by atoms with Crippen LogP contribution in [0.15, 0.2) is 18.5 Å². The molecule has 0 saturated carbocycles. The monoisotopic (exact) mass is 280 g/mol. The second-order valence-electron chi connectivity index (χ2n) is 5.42. The van der Waals surface area contributed by atoms with E-state index in [0.717, 1.165) is 13.0 Å². The van der Waals surface area contributed by atoms with E-state index >= 15 is 0 Å². The summed E-state index contributed by atoms with van der Waals surface area (Å²) in [5.41, 5.74) is 0.259. The highest BCUT2D eigenvalue weighted by Crippen LogP contribution is 2.18. The lowest BCUT2D eigenvalue weighted by Crippen LogP contribution is -2.15. The van der Waals surface area contributed by atoms with Gasteiger partial charge < -0.3 is 5.32 Å². The zero-order chi connectivity index (χ0) is 13.9. The summed E-state index contributed by atoms with van der Waals surface area (Å²) in [6.45, 7) is 7.33. The summed E-state index contributed by atoms with van der Waals surface area (Å²) in [5, 5.41) is 7.37. The van der Waals surface area contributed by atoms with Crippen molar-refractivity contribution >= 4 is 17.5 Å². The minimum absolute atomic E-state index is 0.152. The highest BCUT2D eigenvalue weighted by molar-refractivity contribution is 6.28. The topological polar surface area (TPSA) is 68.5 Å². The minimum atomic E-state index is 0.152. The van der Waals surface area contributed by atoms with Crippen molar-refractivity contribution in [3.8, 4) is 5.95 Å². The van der Waals surface area contributed by atoms with Crippen molar-refractivity contribution in [2.75, 3.05) is 11.9 Å². The summed E-state index contributed by atoms with van der Waals surface area (Å²) < 4.78 is 1.54. The van der Waals surface area contributed by atoms with Crippen molar-refractivity contribution < 1.29 is 0 Å². The molecule has 0 aliphatic carbocycles. The maximum atomic E-state index is 5.89. The summed E-state index contributed by atoms with van der Waals surface area (Å²) in [4.78, 5) is 12.4. The zero-order valence-corrected chi connectivity index (χ0v) is 12.0. The SMILES string of the molecule is CC(C)(C)CCNc1nc(Cl)nc(-n2cccn2)n1. The molecule has 102 valence electrons. The molecule has 0 radical (unpaired) electrons. The maximum Gasteiger partial charge on any atom is 0.256 e. The first-order valence-corrected chi connectivity index (χ1v) is 6.47. The van der Waals surface area contributed by atoms with Gasteiger partial charge in [-0.1, -0.05) is 20.8 Å².